The van der Waals surface area contributed by atoms with Gasteiger partial charge in [-0.1, -0.05) is 183 Å². The molecule has 0 radical (unpaired) electrons. The zero-order chi connectivity index (χ0) is 109. The number of sulfone groups is 3. The lowest BCUT2D eigenvalue weighted by molar-refractivity contribution is -0.154. The fraction of sp³-hybridized carbons (Fsp3) is 0.727. The van der Waals surface area contributed by atoms with Crippen LogP contribution in [-0.2, 0) is 110 Å². The molecule has 3 aromatic carbocycles. The number of ether oxygens (including phenoxy) is 14. The van der Waals surface area contributed by atoms with Crippen LogP contribution in [0.1, 0.15) is 305 Å². The molecule has 8 aliphatic rings. The van der Waals surface area contributed by atoms with Gasteiger partial charge >= 0.3 is 17.9 Å². The van der Waals surface area contributed by atoms with E-state index in [0.29, 0.717) is 66.1 Å². The molecule has 0 aliphatic carbocycles. The Kier molecular flexibility index (Phi) is 49.2. The summed E-state index contributed by atoms with van der Waals surface area (Å²) in [5.74, 6) is 0.409. The van der Waals surface area contributed by atoms with Crippen LogP contribution in [0.25, 0.3) is 0 Å². The zero-order valence-electron chi connectivity index (χ0n) is 94.1. The molecule has 8 saturated heterocycles. The number of hydrogen-bond donors (Lipinski definition) is 1. The molecular weight excluding hydrogens is 1930 g/mol. The Morgan fingerprint density at radius 1 is 0.385 bits per heavy atom. The fourth-order valence-electron chi connectivity index (χ4n) is 22.3. The van der Waals surface area contributed by atoms with Gasteiger partial charge in [-0.05, 0) is 308 Å². The van der Waals surface area contributed by atoms with Crippen molar-refractivity contribution in [2.75, 3.05) is 58.4 Å². The van der Waals surface area contributed by atoms with Crippen LogP contribution in [0.2, 0.25) is 0 Å². The highest BCUT2D eigenvalue weighted by Crippen LogP contribution is 2.47. The summed E-state index contributed by atoms with van der Waals surface area (Å²) in [6, 6.07) is 25.9. The van der Waals surface area contributed by atoms with Crippen LogP contribution in [0.5, 0.6) is 0 Å². The van der Waals surface area contributed by atoms with Gasteiger partial charge in [0.15, 0.2) is 29.5 Å². The molecule has 24 nitrogen and oxygen atoms in total. The molecule has 0 aromatic heterocycles. The minimum atomic E-state index is -3.60. The van der Waals surface area contributed by atoms with Crippen LogP contribution in [0.15, 0.2) is 179 Å². The van der Waals surface area contributed by atoms with E-state index in [1.54, 1.807) is 100 Å². The van der Waals surface area contributed by atoms with Crippen molar-refractivity contribution in [1.82, 2.24) is 0 Å². The molecular formula is C121H190O24S3. The molecule has 148 heavy (non-hydrogen) atoms. The highest BCUT2D eigenvalue weighted by molar-refractivity contribution is 7.92. The van der Waals surface area contributed by atoms with Gasteiger partial charge in [0.1, 0.15) is 0 Å². The van der Waals surface area contributed by atoms with Gasteiger partial charge in [-0.3, -0.25) is 14.4 Å². The van der Waals surface area contributed by atoms with E-state index in [9.17, 15) is 44.7 Å². The molecule has 11 rings (SSSR count). The maximum absolute atomic E-state index is 13.6. The first-order valence-electron chi connectivity index (χ1n) is 55.7. The van der Waals surface area contributed by atoms with E-state index in [-0.39, 0.29) is 186 Å². The van der Waals surface area contributed by atoms with Gasteiger partial charge in [0, 0.05) is 58.3 Å². The number of aliphatic hydroxyl groups excluding tert-OH is 1. The van der Waals surface area contributed by atoms with Crippen molar-refractivity contribution >= 4 is 47.4 Å². The average molecular weight is 2130 g/mol. The summed E-state index contributed by atoms with van der Waals surface area (Å²) < 4.78 is 168. The third-order valence-electron chi connectivity index (χ3n) is 32.3. The largest absolute Gasteiger partial charge is 0.465 e. The summed E-state index contributed by atoms with van der Waals surface area (Å²) in [6.07, 6.45) is 18.1. The number of aliphatic hydroxyl groups is 1. The Morgan fingerprint density at radius 3 is 0.973 bits per heavy atom. The topological polar surface area (TPSA) is 303 Å². The summed E-state index contributed by atoms with van der Waals surface area (Å²) in [6.45, 7) is 65.8. The highest BCUT2D eigenvalue weighted by Gasteiger charge is 2.53. The molecule has 8 aliphatic heterocycles. The standard InChI is InChI=1S/C41H66O8S.2C40H62O8S/c1-11-27(2)23-38-39(46-10)34(26-50(44,45)33-17-13-12-14-18-33)37(49-38)25-35(42)31(6)29(4)22-28(3)19-20-36-30(5)24-32(48-36)16-15-21-47-40(43)41(7,8)9;2*1-10-26(2)21-37-38(44-9)33(25-49(42,43)32-16-12-11-13-17-32)36(48-37)24-35-29(5)27(3)22-31(47-35)18-19-34-28(4)23-30(46-34)15-14-20-45-39(41)40(6,7)8/h12-14,17-18,27-29,32,34-39,42H,5-6,11,15-16,19-26H2,1-4,7-10H3;2*11-13,16-17,26-27,30-31,33-38H,4-5,10,14-15,18-25H2,1-3,6-9H3/t27-,28-,29-,32+,34+,35?,36+,37+,38-,39-;26-,27-,30+,31+,33+,34+,35?,36+,37-,38-;26-,27-,30+,31+,33+,34+,35-,36+,37-,38-/m111/s1. The lowest BCUT2D eigenvalue weighted by Gasteiger charge is -2.38. The molecule has 0 saturated carbocycles. The number of methoxy groups -OCH3 is 3. The number of carbonyl (C=O) groups is 3. The van der Waals surface area contributed by atoms with Crippen molar-refractivity contribution < 1.29 is 111 Å². The molecule has 8 fully saturated rings. The Labute approximate surface area is 892 Å². The fourth-order valence-corrected chi connectivity index (χ4v) is 27.3. The predicted molar refractivity (Wildman–Crippen MR) is 586 cm³/mol. The maximum atomic E-state index is 13.6. The number of benzene rings is 3. The summed E-state index contributed by atoms with van der Waals surface area (Å²) in [7, 11) is -5.77. The van der Waals surface area contributed by atoms with E-state index in [1.165, 1.54) is 0 Å². The first-order valence-corrected chi connectivity index (χ1v) is 60.6. The zero-order valence-corrected chi connectivity index (χ0v) is 96.6. The normalized spacial score (nSPS) is 30.0. The first-order chi connectivity index (χ1) is 69.7. The number of rotatable bonds is 52. The van der Waals surface area contributed by atoms with Crippen LogP contribution < -0.4 is 0 Å². The molecule has 0 spiro atoms. The van der Waals surface area contributed by atoms with Crippen molar-refractivity contribution in [2.24, 2.45) is 75.4 Å². The van der Waals surface area contributed by atoms with Gasteiger partial charge in [0.25, 0.3) is 0 Å². The van der Waals surface area contributed by atoms with E-state index in [1.807, 2.05) is 74.4 Å². The van der Waals surface area contributed by atoms with E-state index in [0.717, 1.165) is 188 Å². The maximum Gasteiger partial charge on any atom is 0.311 e. The summed E-state index contributed by atoms with van der Waals surface area (Å²) >= 11 is 0. The summed E-state index contributed by atoms with van der Waals surface area (Å²) in [4.78, 5) is 37.1. The van der Waals surface area contributed by atoms with Gasteiger partial charge in [-0.15, -0.1) is 0 Å². The first kappa shape index (κ1) is 125. The lowest BCUT2D eigenvalue weighted by Crippen LogP contribution is -2.40. The van der Waals surface area contributed by atoms with Crippen LogP contribution in [0.4, 0.5) is 0 Å². The molecule has 27 heteroatoms. The quantitative estimate of drug-likeness (QED) is 0.0238. The highest BCUT2D eigenvalue weighted by atomic mass is 32.2. The van der Waals surface area contributed by atoms with Gasteiger partial charge in [0.05, 0.1) is 190 Å². The minimum Gasteiger partial charge on any atom is -0.465 e. The average Bonchev–Trinajstić information content (AvgIpc) is 1.68. The number of esters is 3. The third kappa shape index (κ3) is 37.3. The monoisotopic (exact) mass is 2120 g/mol. The second kappa shape index (κ2) is 58.1. The van der Waals surface area contributed by atoms with Crippen molar-refractivity contribution in [3.63, 3.8) is 0 Å². The molecule has 836 valence electrons. The van der Waals surface area contributed by atoms with E-state index >= 15 is 0 Å². The van der Waals surface area contributed by atoms with Gasteiger partial charge in [-0.2, -0.15) is 0 Å². The summed E-state index contributed by atoms with van der Waals surface area (Å²) in [5.41, 5.74) is 4.70. The van der Waals surface area contributed by atoms with E-state index in [2.05, 4.69) is 109 Å². The Hall–Kier alpha value is -6.12. The van der Waals surface area contributed by atoms with Crippen LogP contribution in [0.3, 0.4) is 0 Å². The summed E-state index contributed by atoms with van der Waals surface area (Å²) in [5, 5.41) is 11.5. The second-order valence-corrected chi connectivity index (χ2v) is 54.0. The van der Waals surface area contributed by atoms with Crippen LogP contribution >= 0.6 is 0 Å². The van der Waals surface area contributed by atoms with Gasteiger partial charge in [-0.25, -0.2) is 25.3 Å². The molecule has 3 aromatic rings. The van der Waals surface area contributed by atoms with Crippen molar-refractivity contribution in [2.45, 2.75) is 442 Å². The Balaban J connectivity index is 0.000000247. The Bertz CT molecular complexity index is 4820. The van der Waals surface area contributed by atoms with Crippen molar-refractivity contribution in [3.8, 4) is 0 Å². The SMILES string of the molecule is C=C(C(O)C[C@@H]1O[C@H](C[C@H](C)CC)[C@H](OC)[C@H]1CS(=O)(=O)c1ccccc1)[C@H](C)C[C@H](C)CC[C@@H]1O[C@@H](CCCOC(=O)C(C)(C)C)CC1=C.C=C1C(C[C@@H]2O[C@H](C[C@H](C)CC)[C@H](OC)[C@H]2CS(=O)(=O)c2ccccc2)O[C@@H](CC[C@@H]2O[C@@H](CCCOC(=O)C(C)(C)C)CC2=C)C[C@H]1C.C=C1C[C@H](CCCOC(=O)C(C)(C)C)O[C@H]1CC[C@H]1C[C@@H](C)C(=C)[C@@H](C[C@@H]2O[C@H](C[C@H](C)CC)[C@H](OC)[C@H]2CS(=O)(=O)c2ccccc2)O1. The minimum absolute atomic E-state index is 0.0147. The molecule has 30 atom stereocenters. The van der Waals surface area contributed by atoms with E-state index < -0.39 is 63.9 Å². The van der Waals surface area contributed by atoms with Gasteiger partial charge in [0.2, 0.25) is 0 Å². The molecule has 8 heterocycles. The van der Waals surface area contributed by atoms with Crippen molar-refractivity contribution in [1.29, 1.82) is 0 Å². The third-order valence-corrected chi connectivity index (χ3v) is 37.7. The van der Waals surface area contributed by atoms with E-state index in [4.69, 9.17) is 66.3 Å². The Morgan fingerprint density at radius 2 is 0.676 bits per heavy atom. The second-order valence-electron chi connectivity index (χ2n) is 47.9. The molecule has 1 N–H and O–H groups in total. The van der Waals surface area contributed by atoms with Crippen LogP contribution in [0, 0.1) is 75.4 Å². The molecule has 2 unspecified atom stereocenters. The molecule has 0 bridgehead atoms. The van der Waals surface area contributed by atoms with Crippen molar-refractivity contribution in [3.05, 3.63) is 164 Å². The van der Waals surface area contributed by atoms with Gasteiger partial charge < -0.3 is 71.4 Å². The van der Waals surface area contributed by atoms with Crippen LogP contribution in [-0.4, -0.2) is 229 Å². The molecule has 0 amide bonds. The lowest BCUT2D eigenvalue weighted by atomic mass is 9.83. The number of hydrogen-bond acceptors (Lipinski definition) is 24. The smallest absolute Gasteiger partial charge is 0.311 e. The predicted octanol–water partition coefficient (Wildman–Crippen LogP) is 23.9. The number of carbonyl (C=O) groups excluding carboxylic acids is 3.